The predicted octanol–water partition coefficient (Wildman–Crippen LogP) is 2.94. The van der Waals surface area contributed by atoms with Crippen molar-refractivity contribution in [3.63, 3.8) is 0 Å². The molecule has 2 amide bonds. The lowest BCUT2D eigenvalue weighted by molar-refractivity contribution is 0.0420. The molecule has 0 saturated carbocycles. The first-order chi connectivity index (χ1) is 13.4. The molecule has 7 nitrogen and oxygen atoms in total. The third-order valence-electron chi connectivity index (χ3n) is 4.19. The highest BCUT2D eigenvalue weighted by Gasteiger charge is 2.34. The number of carbonyl (C=O) groups is 3. The number of carbonyl (C=O) groups excluding carboxylic acids is 3. The molecule has 7 heteroatoms. The number of rotatable bonds is 7. The molecule has 0 aliphatic carbocycles. The molecule has 0 fully saturated rings. The van der Waals surface area contributed by atoms with Crippen molar-refractivity contribution in [1.29, 1.82) is 0 Å². The van der Waals surface area contributed by atoms with Gasteiger partial charge in [-0.1, -0.05) is 12.1 Å². The summed E-state index contributed by atoms with van der Waals surface area (Å²) in [4.78, 5) is 38.0. The van der Waals surface area contributed by atoms with E-state index in [-0.39, 0.29) is 36.6 Å². The van der Waals surface area contributed by atoms with Crippen molar-refractivity contribution in [2.75, 3.05) is 20.3 Å². The van der Waals surface area contributed by atoms with Gasteiger partial charge in [0.15, 0.2) is 11.5 Å². The Balaban J connectivity index is 1.61. The van der Waals surface area contributed by atoms with Gasteiger partial charge >= 0.3 is 5.97 Å². The van der Waals surface area contributed by atoms with Crippen molar-refractivity contribution in [3.8, 4) is 11.5 Å². The van der Waals surface area contributed by atoms with E-state index in [1.165, 1.54) is 13.2 Å². The zero-order valence-electron chi connectivity index (χ0n) is 15.9. The molecule has 146 valence electrons. The van der Waals surface area contributed by atoms with Crippen LogP contribution in [0.4, 0.5) is 0 Å². The van der Waals surface area contributed by atoms with Gasteiger partial charge in [0, 0.05) is 0 Å². The van der Waals surface area contributed by atoms with Crippen LogP contribution in [0.1, 0.15) is 44.9 Å². The molecular weight excluding hydrogens is 362 g/mol. The van der Waals surface area contributed by atoms with E-state index in [1.807, 2.05) is 13.8 Å². The summed E-state index contributed by atoms with van der Waals surface area (Å²) in [7, 11) is 1.49. The van der Waals surface area contributed by atoms with E-state index >= 15 is 0 Å². The van der Waals surface area contributed by atoms with E-state index in [2.05, 4.69) is 0 Å². The average molecular weight is 383 g/mol. The van der Waals surface area contributed by atoms with Gasteiger partial charge in [0.25, 0.3) is 11.8 Å². The quantitative estimate of drug-likeness (QED) is 0.540. The lowest BCUT2D eigenvalue weighted by Crippen LogP contribution is -2.33. The number of nitrogens with zero attached hydrogens (tertiary/aromatic N) is 1. The number of esters is 1. The van der Waals surface area contributed by atoms with Crippen LogP contribution in [0.15, 0.2) is 42.5 Å². The predicted molar refractivity (Wildman–Crippen MR) is 101 cm³/mol. The Hall–Kier alpha value is -3.35. The second-order valence-electron chi connectivity index (χ2n) is 6.48. The van der Waals surface area contributed by atoms with Crippen molar-refractivity contribution >= 4 is 17.8 Å². The Morgan fingerprint density at radius 3 is 2.21 bits per heavy atom. The molecule has 28 heavy (non-hydrogen) atoms. The van der Waals surface area contributed by atoms with Gasteiger partial charge in [-0.05, 0) is 44.2 Å². The minimum Gasteiger partial charge on any atom is -0.493 e. The molecule has 2 aromatic carbocycles. The van der Waals surface area contributed by atoms with Gasteiger partial charge in [-0.2, -0.15) is 0 Å². The molecule has 0 radical (unpaired) electrons. The molecule has 1 aliphatic rings. The molecular formula is C21H21NO6. The molecule has 1 heterocycles. The van der Waals surface area contributed by atoms with Gasteiger partial charge in [-0.25, -0.2) is 4.79 Å². The van der Waals surface area contributed by atoms with Crippen LogP contribution in [-0.2, 0) is 4.74 Å². The topological polar surface area (TPSA) is 82.1 Å². The lowest BCUT2D eigenvalue weighted by Gasteiger charge is -2.15. The Morgan fingerprint density at radius 1 is 1.00 bits per heavy atom. The van der Waals surface area contributed by atoms with Gasteiger partial charge in [-0.3, -0.25) is 14.5 Å². The second-order valence-corrected chi connectivity index (χ2v) is 6.48. The maximum Gasteiger partial charge on any atom is 0.338 e. The summed E-state index contributed by atoms with van der Waals surface area (Å²) in [5, 5.41) is 0. The fraction of sp³-hybridized carbons (Fsp3) is 0.286. The number of imide groups is 1. The lowest BCUT2D eigenvalue weighted by atomic mass is 10.1. The van der Waals surface area contributed by atoms with E-state index in [9.17, 15) is 14.4 Å². The Labute approximate surface area is 162 Å². The standard InChI is InChI=1S/C21H21NO6/c1-13(2)28-17-9-8-14(12-18(17)26-3)21(25)27-11-10-22-19(23)15-6-4-5-7-16(15)20(22)24/h4-9,12-13H,10-11H2,1-3H3. The van der Waals surface area contributed by atoms with Crippen molar-refractivity contribution in [2.24, 2.45) is 0 Å². The van der Waals surface area contributed by atoms with Crippen LogP contribution in [0.5, 0.6) is 11.5 Å². The van der Waals surface area contributed by atoms with Gasteiger partial charge in [0.1, 0.15) is 6.61 Å². The molecule has 0 N–H and O–H groups in total. The Kier molecular flexibility index (Phi) is 5.63. The monoisotopic (exact) mass is 383 g/mol. The molecule has 0 aromatic heterocycles. The summed E-state index contributed by atoms with van der Waals surface area (Å²) in [6, 6.07) is 11.4. The average Bonchev–Trinajstić information content (AvgIpc) is 2.93. The molecule has 0 unspecified atom stereocenters. The van der Waals surface area contributed by atoms with E-state index in [0.717, 1.165) is 4.90 Å². The first kappa shape index (κ1) is 19.4. The maximum atomic E-state index is 12.3. The fourth-order valence-electron chi connectivity index (χ4n) is 2.90. The summed E-state index contributed by atoms with van der Waals surface area (Å²) in [5.41, 5.74) is 1.02. The van der Waals surface area contributed by atoms with Crippen LogP contribution in [0, 0.1) is 0 Å². The Bertz CT molecular complexity index is 886. The first-order valence-electron chi connectivity index (χ1n) is 8.89. The highest BCUT2D eigenvalue weighted by molar-refractivity contribution is 6.21. The molecule has 0 atom stereocenters. The van der Waals surface area contributed by atoms with E-state index in [0.29, 0.717) is 22.6 Å². The smallest absolute Gasteiger partial charge is 0.338 e. The van der Waals surface area contributed by atoms with Gasteiger partial charge in [0.05, 0.1) is 36.4 Å². The zero-order valence-corrected chi connectivity index (χ0v) is 15.9. The third-order valence-corrected chi connectivity index (χ3v) is 4.19. The number of methoxy groups -OCH3 is 1. The maximum absolute atomic E-state index is 12.3. The van der Waals surface area contributed by atoms with Gasteiger partial charge < -0.3 is 14.2 Å². The first-order valence-corrected chi connectivity index (χ1v) is 8.89. The van der Waals surface area contributed by atoms with Crippen molar-refractivity contribution in [3.05, 3.63) is 59.2 Å². The van der Waals surface area contributed by atoms with Crippen molar-refractivity contribution < 1.29 is 28.6 Å². The largest absolute Gasteiger partial charge is 0.493 e. The van der Waals surface area contributed by atoms with E-state index < -0.39 is 5.97 Å². The van der Waals surface area contributed by atoms with E-state index in [1.54, 1.807) is 36.4 Å². The molecule has 3 rings (SSSR count). The van der Waals surface area contributed by atoms with Crippen LogP contribution < -0.4 is 9.47 Å². The van der Waals surface area contributed by atoms with Crippen LogP contribution in [0.2, 0.25) is 0 Å². The number of hydrogen-bond acceptors (Lipinski definition) is 6. The normalized spacial score (nSPS) is 12.9. The molecule has 0 saturated heterocycles. The minimum atomic E-state index is -0.578. The number of amides is 2. The summed E-state index contributed by atoms with van der Waals surface area (Å²) < 4.78 is 16.1. The Morgan fingerprint density at radius 2 is 1.64 bits per heavy atom. The number of benzene rings is 2. The number of ether oxygens (including phenoxy) is 3. The second kappa shape index (κ2) is 8.12. The van der Waals surface area contributed by atoms with Crippen LogP contribution >= 0.6 is 0 Å². The SMILES string of the molecule is COc1cc(C(=O)OCCN2C(=O)c3ccccc3C2=O)ccc1OC(C)C. The van der Waals surface area contributed by atoms with Gasteiger partial charge in [-0.15, -0.1) is 0 Å². The highest BCUT2D eigenvalue weighted by atomic mass is 16.5. The fourth-order valence-corrected chi connectivity index (χ4v) is 2.90. The molecule has 0 bridgehead atoms. The minimum absolute atomic E-state index is 0.0102. The summed E-state index contributed by atoms with van der Waals surface area (Å²) >= 11 is 0. The zero-order chi connectivity index (χ0) is 20.3. The highest BCUT2D eigenvalue weighted by Crippen LogP contribution is 2.29. The molecule has 1 aliphatic heterocycles. The summed E-state index contributed by atoms with van der Waals surface area (Å²) in [6.07, 6.45) is -0.0358. The number of fused-ring (bicyclic) bond motifs is 1. The van der Waals surface area contributed by atoms with Crippen LogP contribution in [0.25, 0.3) is 0 Å². The van der Waals surface area contributed by atoms with Crippen molar-refractivity contribution in [2.45, 2.75) is 20.0 Å². The molecule has 0 spiro atoms. The van der Waals surface area contributed by atoms with Crippen LogP contribution in [0.3, 0.4) is 0 Å². The van der Waals surface area contributed by atoms with E-state index in [4.69, 9.17) is 14.2 Å². The summed E-state index contributed by atoms with van der Waals surface area (Å²) in [6.45, 7) is 3.67. The van der Waals surface area contributed by atoms with Crippen LogP contribution in [-0.4, -0.2) is 49.0 Å². The molecule has 2 aromatic rings. The third kappa shape index (κ3) is 3.83. The van der Waals surface area contributed by atoms with Gasteiger partial charge in [0.2, 0.25) is 0 Å². The summed E-state index contributed by atoms with van der Waals surface area (Å²) in [5.74, 6) is -0.392. The number of hydrogen-bond donors (Lipinski definition) is 0. The van der Waals surface area contributed by atoms with Crippen molar-refractivity contribution in [1.82, 2.24) is 4.90 Å².